The fourth-order valence-electron chi connectivity index (χ4n) is 4.56. The molecular formula is C28H27NO3. The van der Waals surface area contributed by atoms with Gasteiger partial charge >= 0.3 is 0 Å². The van der Waals surface area contributed by atoms with Crippen molar-refractivity contribution in [2.75, 3.05) is 39.5 Å². The molecular weight excluding hydrogens is 398 g/mol. The van der Waals surface area contributed by atoms with Gasteiger partial charge in [0.05, 0.1) is 13.2 Å². The second kappa shape index (κ2) is 9.11. The summed E-state index contributed by atoms with van der Waals surface area (Å²) in [5.41, 5.74) is 6.65. The second-order valence-corrected chi connectivity index (χ2v) is 8.25. The maximum absolute atomic E-state index is 13.3. The first-order chi connectivity index (χ1) is 15.7. The Bertz CT molecular complexity index is 1160. The van der Waals surface area contributed by atoms with Crippen LogP contribution in [0, 0.1) is 6.92 Å². The Morgan fingerprint density at radius 1 is 0.906 bits per heavy atom. The molecule has 0 bridgehead atoms. The van der Waals surface area contributed by atoms with Crippen molar-refractivity contribution in [3.05, 3.63) is 89.0 Å². The Labute approximate surface area is 189 Å². The minimum absolute atomic E-state index is 0.0620. The lowest BCUT2D eigenvalue weighted by Crippen LogP contribution is -2.38. The summed E-state index contributed by atoms with van der Waals surface area (Å²) in [6.07, 6.45) is 2.00. The average Bonchev–Trinajstić information content (AvgIpc) is 3.17. The summed E-state index contributed by atoms with van der Waals surface area (Å²) in [7, 11) is 0. The molecule has 0 atom stereocenters. The standard InChI is InChI=1S/C28H27NO3/c1-20-23(21-7-3-2-4-8-21)11-12-26(32-18-15-29-13-16-31-17-14-29)27(20)25-19-22-9-5-6-10-24(22)28(25)30/h2-12,19H,13-18H2,1H3. The van der Waals surface area contributed by atoms with Gasteiger partial charge in [0.1, 0.15) is 12.4 Å². The minimum atomic E-state index is 0.0620. The molecule has 5 rings (SSSR count). The average molecular weight is 426 g/mol. The molecule has 4 heteroatoms. The largest absolute Gasteiger partial charge is 0.492 e. The molecule has 2 aliphatic rings. The van der Waals surface area contributed by atoms with Gasteiger partial charge in [-0.1, -0.05) is 60.7 Å². The van der Waals surface area contributed by atoms with E-state index in [2.05, 4.69) is 30.0 Å². The number of benzene rings is 3. The monoisotopic (exact) mass is 425 g/mol. The molecule has 32 heavy (non-hydrogen) atoms. The molecule has 1 aliphatic carbocycles. The second-order valence-electron chi connectivity index (χ2n) is 8.25. The Morgan fingerprint density at radius 3 is 2.44 bits per heavy atom. The van der Waals surface area contributed by atoms with Crippen molar-refractivity contribution in [2.24, 2.45) is 0 Å². The van der Waals surface area contributed by atoms with E-state index in [1.807, 2.05) is 54.6 Å². The van der Waals surface area contributed by atoms with Gasteiger partial charge in [-0.3, -0.25) is 9.69 Å². The van der Waals surface area contributed by atoms with E-state index in [4.69, 9.17) is 9.47 Å². The van der Waals surface area contributed by atoms with Gasteiger partial charge in [-0.2, -0.15) is 0 Å². The minimum Gasteiger partial charge on any atom is -0.492 e. The number of hydrogen-bond acceptors (Lipinski definition) is 4. The number of allylic oxidation sites excluding steroid dienone is 1. The maximum Gasteiger partial charge on any atom is 0.194 e. The van der Waals surface area contributed by atoms with Crippen molar-refractivity contribution in [2.45, 2.75) is 6.92 Å². The van der Waals surface area contributed by atoms with Gasteiger partial charge in [-0.25, -0.2) is 0 Å². The van der Waals surface area contributed by atoms with Crippen molar-refractivity contribution in [3.8, 4) is 16.9 Å². The molecule has 0 radical (unpaired) electrons. The SMILES string of the molecule is Cc1c(-c2ccccc2)ccc(OCCN2CCOCC2)c1C1=Cc2ccccc2C1=O. The molecule has 3 aromatic rings. The van der Waals surface area contributed by atoms with Crippen LogP contribution in [0.1, 0.15) is 27.0 Å². The number of ketones is 1. The Kier molecular flexibility index (Phi) is 5.89. The third-order valence-corrected chi connectivity index (χ3v) is 6.30. The molecule has 0 amide bonds. The Morgan fingerprint density at radius 2 is 1.66 bits per heavy atom. The lowest BCUT2D eigenvalue weighted by atomic mass is 9.90. The number of carbonyl (C=O) groups is 1. The van der Waals surface area contributed by atoms with Crippen LogP contribution in [0.2, 0.25) is 0 Å². The van der Waals surface area contributed by atoms with Crippen LogP contribution in [0.3, 0.4) is 0 Å². The highest BCUT2D eigenvalue weighted by Crippen LogP contribution is 2.41. The quantitative estimate of drug-likeness (QED) is 0.550. The highest BCUT2D eigenvalue weighted by atomic mass is 16.5. The van der Waals surface area contributed by atoms with E-state index in [1.54, 1.807) is 0 Å². The van der Waals surface area contributed by atoms with Gasteiger partial charge in [-0.15, -0.1) is 0 Å². The summed E-state index contributed by atoms with van der Waals surface area (Å²) in [5.74, 6) is 0.829. The molecule has 1 aliphatic heterocycles. The zero-order valence-electron chi connectivity index (χ0n) is 18.3. The molecule has 0 unspecified atom stereocenters. The summed E-state index contributed by atoms with van der Waals surface area (Å²) in [4.78, 5) is 15.7. The first kappa shape index (κ1) is 20.7. The molecule has 4 nitrogen and oxygen atoms in total. The van der Waals surface area contributed by atoms with Gasteiger partial charge < -0.3 is 9.47 Å². The molecule has 1 heterocycles. The number of hydrogen-bond donors (Lipinski definition) is 0. The number of nitrogens with zero attached hydrogens (tertiary/aromatic N) is 1. The number of fused-ring (bicyclic) bond motifs is 1. The fraction of sp³-hybridized carbons (Fsp3) is 0.250. The normalized spacial score (nSPS) is 16.0. The van der Waals surface area contributed by atoms with E-state index in [0.29, 0.717) is 12.2 Å². The van der Waals surface area contributed by atoms with E-state index in [1.165, 1.54) is 0 Å². The van der Waals surface area contributed by atoms with Crippen LogP contribution in [0.4, 0.5) is 0 Å². The summed E-state index contributed by atoms with van der Waals surface area (Å²) in [6, 6.07) is 22.2. The smallest absolute Gasteiger partial charge is 0.194 e. The van der Waals surface area contributed by atoms with Crippen molar-refractivity contribution in [1.82, 2.24) is 4.90 Å². The van der Waals surface area contributed by atoms with Gasteiger partial charge in [0.15, 0.2) is 5.78 Å². The highest BCUT2D eigenvalue weighted by molar-refractivity contribution is 6.38. The lowest BCUT2D eigenvalue weighted by Gasteiger charge is -2.26. The zero-order chi connectivity index (χ0) is 21.9. The number of ether oxygens (including phenoxy) is 2. The van der Waals surface area contributed by atoms with E-state index in [0.717, 1.165) is 72.0 Å². The first-order valence-corrected chi connectivity index (χ1v) is 11.2. The Balaban J connectivity index is 1.51. The van der Waals surface area contributed by atoms with E-state index in [9.17, 15) is 4.79 Å². The zero-order valence-corrected chi connectivity index (χ0v) is 18.3. The van der Waals surface area contributed by atoms with Crippen LogP contribution in [-0.2, 0) is 4.74 Å². The summed E-state index contributed by atoms with van der Waals surface area (Å²) < 4.78 is 11.7. The molecule has 0 saturated carbocycles. The highest BCUT2D eigenvalue weighted by Gasteiger charge is 2.28. The summed E-state index contributed by atoms with van der Waals surface area (Å²) >= 11 is 0. The Hall–Kier alpha value is -3.21. The third kappa shape index (κ3) is 3.99. The van der Waals surface area contributed by atoms with E-state index >= 15 is 0 Å². The maximum atomic E-state index is 13.3. The van der Waals surface area contributed by atoms with Crippen molar-refractivity contribution < 1.29 is 14.3 Å². The predicted octanol–water partition coefficient (Wildman–Crippen LogP) is 5.11. The van der Waals surface area contributed by atoms with Crippen molar-refractivity contribution >= 4 is 17.4 Å². The van der Waals surface area contributed by atoms with Crippen LogP contribution < -0.4 is 4.74 Å². The van der Waals surface area contributed by atoms with E-state index < -0.39 is 0 Å². The van der Waals surface area contributed by atoms with Crippen molar-refractivity contribution in [3.63, 3.8) is 0 Å². The molecule has 0 aromatic heterocycles. The molecule has 0 spiro atoms. The van der Waals surface area contributed by atoms with Crippen LogP contribution in [0.15, 0.2) is 66.7 Å². The topological polar surface area (TPSA) is 38.8 Å². The number of carbonyl (C=O) groups excluding carboxylic acids is 1. The molecule has 3 aromatic carbocycles. The summed E-state index contributed by atoms with van der Waals surface area (Å²) in [5, 5.41) is 0. The van der Waals surface area contributed by atoms with Crippen molar-refractivity contribution in [1.29, 1.82) is 0 Å². The molecule has 1 fully saturated rings. The van der Waals surface area contributed by atoms with Gasteiger partial charge in [0.25, 0.3) is 0 Å². The molecule has 0 N–H and O–H groups in total. The lowest BCUT2D eigenvalue weighted by molar-refractivity contribution is 0.0322. The van der Waals surface area contributed by atoms with Gasteiger partial charge in [-0.05, 0) is 41.3 Å². The number of morpholine rings is 1. The first-order valence-electron chi connectivity index (χ1n) is 11.2. The number of Topliss-reactive ketones (excluding diaryl/α,β-unsaturated/α-hetero) is 1. The predicted molar refractivity (Wildman–Crippen MR) is 128 cm³/mol. The summed E-state index contributed by atoms with van der Waals surface area (Å²) in [6.45, 7) is 6.92. The number of rotatable bonds is 6. The van der Waals surface area contributed by atoms with Gasteiger partial charge in [0.2, 0.25) is 0 Å². The third-order valence-electron chi connectivity index (χ3n) is 6.30. The van der Waals surface area contributed by atoms with Gasteiger partial charge in [0, 0.05) is 36.3 Å². The molecule has 1 saturated heterocycles. The fourth-order valence-corrected chi connectivity index (χ4v) is 4.56. The van der Waals surface area contributed by atoms with E-state index in [-0.39, 0.29) is 5.78 Å². The molecule has 162 valence electrons. The van der Waals surface area contributed by atoms with Crippen LogP contribution in [-0.4, -0.2) is 50.1 Å². The van der Waals surface area contributed by atoms with Crippen LogP contribution in [0.25, 0.3) is 22.8 Å². The van der Waals surface area contributed by atoms with Crippen LogP contribution in [0.5, 0.6) is 5.75 Å². The van der Waals surface area contributed by atoms with Crippen LogP contribution >= 0.6 is 0 Å².